The van der Waals surface area contributed by atoms with Gasteiger partial charge in [-0.05, 0) is 13.1 Å². The van der Waals surface area contributed by atoms with Gasteiger partial charge in [0.1, 0.15) is 11.6 Å². The van der Waals surface area contributed by atoms with Crippen molar-refractivity contribution in [1.29, 1.82) is 0 Å². The summed E-state index contributed by atoms with van der Waals surface area (Å²) < 4.78 is 0. The highest BCUT2D eigenvalue weighted by Crippen LogP contribution is 2.00. The number of nitrogens with two attached hydrogens (primary N) is 3. The summed E-state index contributed by atoms with van der Waals surface area (Å²) in [5, 5.41) is 0. The van der Waals surface area contributed by atoms with Crippen molar-refractivity contribution in [2.24, 2.45) is 17.3 Å². The van der Waals surface area contributed by atoms with Crippen LogP contribution < -0.4 is 22.7 Å². The minimum Gasteiger partial charge on any atom is -0.330 e. The Labute approximate surface area is 82.1 Å². The minimum atomic E-state index is 0.354. The van der Waals surface area contributed by atoms with E-state index in [9.17, 15) is 0 Å². The van der Waals surface area contributed by atoms with Crippen LogP contribution in [-0.2, 0) is 12.8 Å². The van der Waals surface area contributed by atoms with Crippen molar-refractivity contribution in [2.45, 2.75) is 12.8 Å². The monoisotopic (exact) mass is 197 g/mol. The van der Waals surface area contributed by atoms with Gasteiger partial charge < -0.3 is 11.5 Å². The summed E-state index contributed by atoms with van der Waals surface area (Å²) >= 11 is 0. The van der Waals surface area contributed by atoms with E-state index in [1.165, 1.54) is 0 Å². The molecule has 0 aromatic carbocycles. The Morgan fingerprint density at radius 3 is 1.79 bits per heavy atom. The van der Waals surface area contributed by atoms with Crippen LogP contribution in [-0.4, -0.2) is 28.0 Å². The van der Waals surface area contributed by atoms with E-state index < -0.39 is 0 Å². The number of nitrogens with zero attached hydrogens (tertiary/aromatic N) is 3. The third-order valence-electron chi connectivity index (χ3n) is 1.59. The molecule has 14 heavy (non-hydrogen) atoms. The second kappa shape index (κ2) is 5.43. The molecule has 0 fully saturated rings. The first-order valence-corrected chi connectivity index (χ1v) is 4.40. The van der Waals surface area contributed by atoms with Gasteiger partial charge >= 0.3 is 0 Å². The maximum Gasteiger partial charge on any atom is 0.240 e. The zero-order valence-electron chi connectivity index (χ0n) is 7.90. The Bertz CT molecular complexity index is 263. The Kier molecular flexibility index (Phi) is 4.17. The number of nitrogens with one attached hydrogen (secondary N) is 1. The van der Waals surface area contributed by atoms with Crippen molar-refractivity contribution < 1.29 is 0 Å². The van der Waals surface area contributed by atoms with Crippen LogP contribution in [0.1, 0.15) is 11.6 Å². The fourth-order valence-electron chi connectivity index (χ4n) is 1.01. The van der Waals surface area contributed by atoms with Gasteiger partial charge in [0.15, 0.2) is 0 Å². The summed E-state index contributed by atoms with van der Waals surface area (Å²) in [7, 11) is 0. The largest absolute Gasteiger partial charge is 0.330 e. The first-order valence-electron chi connectivity index (χ1n) is 4.40. The van der Waals surface area contributed by atoms with Gasteiger partial charge in [0.25, 0.3) is 0 Å². The second-order valence-corrected chi connectivity index (χ2v) is 2.71. The summed E-state index contributed by atoms with van der Waals surface area (Å²) in [6.45, 7) is 0.992. The van der Waals surface area contributed by atoms with E-state index in [-0.39, 0.29) is 0 Å². The van der Waals surface area contributed by atoms with Crippen LogP contribution in [0.15, 0.2) is 0 Å². The van der Waals surface area contributed by atoms with Crippen molar-refractivity contribution in [1.82, 2.24) is 15.0 Å². The van der Waals surface area contributed by atoms with E-state index in [4.69, 9.17) is 17.3 Å². The highest BCUT2D eigenvalue weighted by atomic mass is 15.3. The van der Waals surface area contributed by atoms with Gasteiger partial charge in [0.05, 0.1) is 0 Å². The molecule has 1 aromatic rings. The van der Waals surface area contributed by atoms with Gasteiger partial charge in [-0.15, -0.1) is 0 Å². The normalized spacial score (nSPS) is 10.2. The van der Waals surface area contributed by atoms with Crippen LogP contribution in [0.3, 0.4) is 0 Å². The van der Waals surface area contributed by atoms with Crippen molar-refractivity contribution in [2.75, 3.05) is 18.5 Å². The third kappa shape index (κ3) is 2.87. The van der Waals surface area contributed by atoms with Gasteiger partial charge in [-0.2, -0.15) is 9.97 Å². The SMILES string of the molecule is NCCc1nc(CCN)nc(NN)n1. The van der Waals surface area contributed by atoms with Gasteiger partial charge in [-0.3, -0.25) is 5.43 Å². The highest BCUT2D eigenvalue weighted by molar-refractivity contribution is 5.22. The van der Waals surface area contributed by atoms with E-state index in [2.05, 4.69) is 20.4 Å². The molecule has 0 aliphatic heterocycles. The molecule has 0 unspecified atom stereocenters. The average Bonchev–Trinajstić information content (AvgIpc) is 2.18. The zero-order chi connectivity index (χ0) is 10.4. The van der Waals surface area contributed by atoms with Crippen LogP contribution in [0.2, 0.25) is 0 Å². The lowest BCUT2D eigenvalue weighted by atomic mass is 10.3. The van der Waals surface area contributed by atoms with E-state index in [1.807, 2.05) is 0 Å². The van der Waals surface area contributed by atoms with Gasteiger partial charge in [-0.1, -0.05) is 0 Å². The van der Waals surface area contributed by atoms with E-state index in [1.54, 1.807) is 0 Å². The van der Waals surface area contributed by atoms with E-state index >= 15 is 0 Å². The molecule has 0 bridgehead atoms. The Morgan fingerprint density at radius 2 is 1.43 bits per heavy atom. The molecule has 7 N–H and O–H groups in total. The first-order chi connectivity index (χ1) is 6.80. The lowest BCUT2D eigenvalue weighted by molar-refractivity contribution is 0.781. The maximum atomic E-state index is 5.40. The third-order valence-corrected chi connectivity index (χ3v) is 1.59. The first kappa shape index (κ1) is 10.8. The van der Waals surface area contributed by atoms with Crippen molar-refractivity contribution in [3.8, 4) is 0 Å². The van der Waals surface area contributed by atoms with Crippen molar-refractivity contribution in [3.63, 3.8) is 0 Å². The maximum absolute atomic E-state index is 5.40. The smallest absolute Gasteiger partial charge is 0.240 e. The molecule has 0 aliphatic carbocycles. The van der Waals surface area contributed by atoms with Gasteiger partial charge in [-0.25, -0.2) is 10.8 Å². The molecule has 0 aliphatic rings. The number of hydrazine groups is 1. The molecule has 0 amide bonds. The molecule has 0 radical (unpaired) electrons. The summed E-state index contributed by atoms with van der Waals surface area (Å²) in [5.74, 6) is 6.84. The minimum absolute atomic E-state index is 0.354. The van der Waals surface area contributed by atoms with Crippen LogP contribution in [0.25, 0.3) is 0 Å². The van der Waals surface area contributed by atoms with Crippen LogP contribution in [0.4, 0.5) is 5.95 Å². The quantitative estimate of drug-likeness (QED) is 0.322. The number of anilines is 1. The number of hydrogen-bond donors (Lipinski definition) is 4. The molecule has 7 nitrogen and oxygen atoms in total. The number of aromatic nitrogens is 3. The molecule has 1 aromatic heterocycles. The lowest BCUT2D eigenvalue weighted by Gasteiger charge is -2.04. The van der Waals surface area contributed by atoms with Crippen LogP contribution in [0.5, 0.6) is 0 Å². The van der Waals surface area contributed by atoms with Crippen LogP contribution >= 0.6 is 0 Å². The van der Waals surface area contributed by atoms with Gasteiger partial charge in [0.2, 0.25) is 5.95 Å². The number of nitrogen functional groups attached to an aromatic ring is 1. The summed E-state index contributed by atoms with van der Waals surface area (Å²) in [5.41, 5.74) is 13.2. The Hall–Kier alpha value is -1.31. The second-order valence-electron chi connectivity index (χ2n) is 2.71. The Balaban J connectivity index is 2.88. The lowest BCUT2D eigenvalue weighted by Crippen LogP contribution is -2.17. The Morgan fingerprint density at radius 1 is 0.929 bits per heavy atom. The number of hydrogen-bond acceptors (Lipinski definition) is 7. The highest BCUT2D eigenvalue weighted by Gasteiger charge is 2.04. The summed E-state index contributed by atoms with van der Waals surface area (Å²) in [4.78, 5) is 12.3. The molecule has 0 atom stereocenters. The zero-order valence-corrected chi connectivity index (χ0v) is 7.90. The fourth-order valence-corrected chi connectivity index (χ4v) is 1.01. The molecule has 0 saturated heterocycles. The molecule has 1 heterocycles. The molecule has 0 saturated carbocycles. The molecule has 0 spiro atoms. The van der Waals surface area contributed by atoms with E-state index in [0.717, 1.165) is 0 Å². The van der Waals surface area contributed by atoms with Crippen molar-refractivity contribution >= 4 is 5.95 Å². The molecule has 7 heteroatoms. The molecular weight excluding hydrogens is 182 g/mol. The fraction of sp³-hybridized carbons (Fsp3) is 0.571. The molecule has 78 valence electrons. The summed E-state index contributed by atoms with van der Waals surface area (Å²) in [6.07, 6.45) is 1.21. The molecule has 1 rings (SSSR count). The number of rotatable bonds is 5. The summed E-state index contributed by atoms with van der Waals surface area (Å²) in [6, 6.07) is 0. The van der Waals surface area contributed by atoms with Crippen molar-refractivity contribution in [3.05, 3.63) is 11.6 Å². The van der Waals surface area contributed by atoms with Crippen LogP contribution in [0, 0.1) is 0 Å². The van der Waals surface area contributed by atoms with Gasteiger partial charge in [0, 0.05) is 12.8 Å². The predicted molar refractivity (Wildman–Crippen MR) is 53.2 cm³/mol. The topological polar surface area (TPSA) is 129 Å². The van der Waals surface area contributed by atoms with E-state index in [0.29, 0.717) is 43.5 Å². The molecular formula is C7H15N7. The average molecular weight is 197 g/mol. The predicted octanol–water partition coefficient (Wildman–Crippen LogP) is -1.84. The standard InChI is InChI=1S/C7H15N7/c8-3-1-5-11-6(2-4-9)13-7(12-5)14-10/h1-4,8-10H2,(H,11,12,13,14).